The van der Waals surface area contributed by atoms with Crippen molar-refractivity contribution >= 4 is 34.5 Å². The number of nitrogens with zero attached hydrogens (tertiary/aromatic N) is 2. The SMILES string of the molecule is Nc1c(C(=O)O)ccnc1Sc1nc2ccccc2[nH]1. The van der Waals surface area contributed by atoms with Gasteiger partial charge in [0.25, 0.3) is 0 Å². The van der Waals surface area contributed by atoms with Gasteiger partial charge in [0.2, 0.25) is 0 Å². The lowest BCUT2D eigenvalue weighted by atomic mass is 10.2. The summed E-state index contributed by atoms with van der Waals surface area (Å²) >= 11 is 1.21. The Morgan fingerprint density at radius 1 is 1.30 bits per heavy atom. The predicted molar refractivity (Wildman–Crippen MR) is 75.8 cm³/mol. The van der Waals surface area contributed by atoms with E-state index in [9.17, 15) is 4.79 Å². The van der Waals surface area contributed by atoms with Crippen LogP contribution in [0.25, 0.3) is 11.0 Å². The van der Waals surface area contributed by atoms with Crippen molar-refractivity contribution in [2.45, 2.75) is 10.2 Å². The van der Waals surface area contributed by atoms with Crippen molar-refractivity contribution in [1.29, 1.82) is 0 Å². The van der Waals surface area contributed by atoms with Crippen LogP contribution in [0.5, 0.6) is 0 Å². The number of benzene rings is 1. The number of carboxylic acids is 1. The van der Waals surface area contributed by atoms with E-state index in [0.29, 0.717) is 10.2 Å². The molecule has 2 aromatic heterocycles. The Hall–Kier alpha value is -2.54. The molecule has 0 fully saturated rings. The van der Waals surface area contributed by atoms with Crippen molar-refractivity contribution in [3.05, 3.63) is 42.1 Å². The molecule has 6 nitrogen and oxygen atoms in total. The Morgan fingerprint density at radius 2 is 2.10 bits per heavy atom. The molecule has 0 aliphatic carbocycles. The maximum absolute atomic E-state index is 11.0. The van der Waals surface area contributed by atoms with Crippen LogP contribution in [0.3, 0.4) is 0 Å². The number of pyridine rings is 1. The van der Waals surface area contributed by atoms with Gasteiger partial charge in [0.15, 0.2) is 5.16 Å². The number of nitrogens with two attached hydrogens (primary N) is 1. The van der Waals surface area contributed by atoms with Crippen LogP contribution in [-0.4, -0.2) is 26.0 Å². The zero-order chi connectivity index (χ0) is 14.1. The molecule has 0 amide bonds. The molecule has 100 valence electrons. The van der Waals surface area contributed by atoms with Crippen molar-refractivity contribution in [1.82, 2.24) is 15.0 Å². The number of aromatic carboxylic acids is 1. The minimum atomic E-state index is -1.07. The first kappa shape index (κ1) is 12.5. The molecule has 0 saturated carbocycles. The molecule has 0 saturated heterocycles. The van der Waals surface area contributed by atoms with E-state index < -0.39 is 5.97 Å². The fourth-order valence-electron chi connectivity index (χ4n) is 1.79. The van der Waals surface area contributed by atoms with Crippen LogP contribution in [0.4, 0.5) is 5.69 Å². The predicted octanol–water partition coefficient (Wildman–Crippen LogP) is 2.39. The molecule has 0 atom stereocenters. The first-order valence-corrected chi connectivity index (χ1v) is 6.57. The van der Waals surface area contributed by atoms with E-state index in [0.717, 1.165) is 11.0 Å². The van der Waals surface area contributed by atoms with E-state index in [1.165, 1.54) is 24.0 Å². The van der Waals surface area contributed by atoms with Crippen LogP contribution in [0, 0.1) is 0 Å². The maximum atomic E-state index is 11.0. The molecule has 0 unspecified atom stereocenters. The highest BCUT2D eigenvalue weighted by atomic mass is 32.2. The van der Waals surface area contributed by atoms with Crippen LogP contribution in [0.15, 0.2) is 46.7 Å². The molecule has 1 aromatic carbocycles. The molecule has 0 aliphatic rings. The number of H-pyrrole nitrogens is 1. The number of nitrogen functional groups attached to an aromatic ring is 1. The van der Waals surface area contributed by atoms with Gasteiger partial charge in [-0.3, -0.25) is 0 Å². The standard InChI is InChI=1S/C13H10N4O2S/c14-10-7(12(18)19)5-6-15-11(10)20-13-16-8-3-1-2-4-9(8)17-13/h1-6H,14H2,(H,16,17)(H,18,19). The fourth-order valence-corrected chi connectivity index (χ4v) is 2.61. The first-order chi connectivity index (χ1) is 9.65. The normalized spacial score (nSPS) is 10.8. The van der Waals surface area contributed by atoms with Crippen LogP contribution in [0.1, 0.15) is 10.4 Å². The van der Waals surface area contributed by atoms with Crippen LogP contribution in [-0.2, 0) is 0 Å². The lowest BCUT2D eigenvalue weighted by molar-refractivity contribution is 0.0697. The number of fused-ring (bicyclic) bond motifs is 1. The average Bonchev–Trinajstić information content (AvgIpc) is 2.83. The zero-order valence-corrected chi connectivity index (χ0v) is 11.0. The Labute approximate surface area is 118 Å². The van der Waals surface area contributed by atoms with Crippen LogP contribution in [0.2, 0.25) is 0 Å². The highest BCUT2D eigenvalue weighted by molar-refractivity contribution is 7.99. The van der Waals surface area contributed by atoms with E-state index in [4.69, 9.17) is 10.8 Å². The zero-order valence-electron chi connectivity index (χ0n) is 10.2. The summed E-state index contributed by atoms with van der Waals surface area (Å²) in [5.74, 6) is -1.07. The second-order valence-corrected chi connectivity index (χ2v) is 5.02. The molecular formula is C13H10N4O2S. The summed E-state index contributed by atoms with van der Waals surface area (Å²) < 4.78 is 0. The molecule has 3 aromatic rings. The average molecular weight is 286 g/mol. The lowest BCUT2D eigenvalue weighted by Crippen LogP contribution is -2.04. The van der Waals surface area contributed by atoms with Gasteiger partial charge in [0, 0.05) is 6.20 Å². The van der Waals surface area contributed by atoms with E-state index in [-0.39, 0.29) is 11.3 Å². The fraction of sp³-hybridized carbons (Fsp3) is 0. The summed E-state index contributed by atoms with van der Waals surface area (Å²) in [5, 5.41) is 10.1. The number of aromatic amines is 1. The molecule has 3 rings (SSSR count). The smallest absolute Gasteiger partial charge is 0.337 e. The number of nitrogens with one attached hydrogen (secondary N) is 1. The molecule has 7 heteroatoms. The van der Waals surface area contributed by atoms with Gasteiger partial charge in [-0.2, -0.15) is 0 Å². The number of carbonyl (C=O) groups is 1. The third kappa shape index (κ3) is 2.19. The minimum absolute atomic E-state index is 0.0404. The highest BCUT2D eigenvalue weighted by Crippen LogP contribution is 2.31. The maximum Gasteiger partial charge on any atom is 0.337 e. The Balaban J connectivity index is 1.98. The van der Waals surface area contributed by atoms with Gasteiger partial charge in [-0.05, 0) is 30.0 Å². The highest BCUT2D eigenvalue weighted by Gasteiger charge is 2.14. The molecule has 0 radical (unpaired) electrons. The van der Waals surface area contributed by atoms with Gasteiger partial charge < -0.3 is 15.8 Å². The number of imidazole rings is 1. The van der Waals surface area contributed by atoms with Crippen molar-refractivity contribution in [3.8, 4) is 0 Å². The molecule has 0 spiro atoms. The van der Waals surface area contributed by atoms with Crippen molar-refractivity contribution in [2.75, 3.05) is 5.73 Å². The summed E-state index contributed by atoms with van der Waals surface area (Å²) in [7, 11) is 0. The van der Waals surface area contributed by atoms with Crippen LogP contribution < -0.4 is 5.73 Å². The van der Waals surface area contributed by atoms with E-state index in [1.54, 1.807) is 0 Å². The van der Waals surface area contributed by atoms with Gasteiger partial charge in [-0.1, -0.05) is 12.1 Å². The summed E-state index contributed by atoms with van der Waals surface area (Å²) in [6.45, 7) is 0. The summed E-state index contributed by atoms with van der Waals surface area (Å²) in [6, 6.07) is 8.99. The van der Waals surface area contributed by atoms with E-state index in [1.807, 2.05) is 24.3 Å². The third-order valence-corrected chi connectivity index (χ3v) is 3.65. The summed E-state index contributed by atoms with van der Waals surface area (Å²) in [4.78, 5) is 22.6. The van der Waals surface area contributed by atoms with Crippen molar-refractivity contribution in [2.24, 2.45) is 0 Å². The first-order valence-electron chi connectivity index (χ1n) is 5.75. The molecule has 4 N–H and O–H groups in total. The minimum Gasteiger partial charge on any atom is -0.478 e. The number of carboxylic acid groups (broad SMARTS) is 1. The monoisotopic (exact) mass is 286 g/mol. The van der Waals surface area contributed by atoms with Gasteiger partial charge in [-0.15, -0.1) is 0 Å². The third-order valence-electron chi connectivity index (χ3n) is 2.74. The molecule has 0 aliphatic heterocycles. The molecule has 20 heavy (non-hydrogen) atoms. The number of hydrogen-bond acceptors (Lipinski definition) is 5. The van der Waals surface area contributed by atoms with Gasteiger partial charge in [0.1, 0.15) is 5.03 Å². The quantitative estimate of drug-likeness (QED) is 0.682. The molecule has 2 heterocycles. The van der Waals surface area contributed by atoms with E-state index >= 15 is 0 Å². The Kier molecular flexibility index (Phi) is 3.03. The van der Waals surface area contributed by atoms with Crippen molar-refractivity contribution in [3.63, 3.8) is 0 Å². The van der Waals surface area contributed by atoms with E-state index in [2.05, 4.69) is 15.0 Å². The van der Waals surface area contributed by atoms with Crippen molar-refractivity contribution < 1.29 is 9.90 Å². The molecule has 0 bridgehead atoms. The van der Waals surface area contributed by atoms with Gasteiger partial charge >= 0.3 is 5.97 Å². The molecular weight excluding hydrogens is 276 g/mol. The largest absolute Gasteiger partial charge is 0.478 e. The lowest BCUT2D eigenvalue weighted by Gasteiger charge is -2.04. The number of aromatic nitrogens is 3. The second kappa shape index (κ2) is 4.86. The number of rotatable bonds is 3. The number of hydrogen-bond donors (Lipinski definition) is 3. The van der Waals surface area contributed by atoms with Gasteiger partial charge in [-0.25, -0.2) is 14.8 Å². The number of para-hydroxylation sites is 2. The van der Waals surface area contributed by atoms with Gasteiger partial charge in [0.05, 0.1) is 22.3 Å². The Morgan fingerprint density at radius 3 is 2.85 bits per heavy atom. The number of anilines is 1. The topological polar surface area (TPSA) is 105 Å². The Bertz CT molecular complexity index is 767. The summed E-state index contributed by atoms with van der Waals surface area (Å²) in [6.07, 6.45) is 1.42. The van der Waals surface area contributed by atoms with Crippen LogP contribution >= 0.6 is 11.8 Å². The summed E-state index contributed by atoms with van der Waals surface area (Å²) in [5.41, 5.74) is 7.75. The second-order valence-electron chi connectivity index (χ2n) is 4.04.